The predicted molar refractivity (Wildman–Crippen MR) is 108 cm³/mol. The summed E-state index contributed by atoms with van der Waals surface area (Å²) in [7, 11) is 0. The summed E-state index contributed by atoms with van der Waals surface area (Å²) in [4.78, 5) is 22.5. The molecule has 0 bridgehead atoms. The van der Waals surface area contributed by atoms with Crippen LogP contribution in [0.15, 0.2) is 29.1 Å². The summed E-state index contributed by atoms with van der Waals surface area (Å²) in [6, 6.07) is 8.01. The lowest BCUT2D eigenvalue weighted by Crippen LogP contribution is -2.32. The molecule has 0 amide bonds. The zero-order chi connectivity index (χ0) is 19.0. The Morgan fingerprint density at radius 1 is 1.19 bits per heavy atom. The van der Waals surface area contributed by atoms with Gasteiger partial charge in [0, 0.05) is 30.6 Å². The Balaban J connectivity index is 1.71. The van der Waals surface area contributed by atoms with Gasteiger partial charge >= 0.3 is 5.69 Å². The van der Waals surface area contributed by atoms with Crippen LogP contribution in [0.2, 0.25) is 5.02 Å². The number of fused-ring (bicyclic) bond motifs is 3. The maximum Gasteiger partial charge on any atom is 0.331 e. The molecule has 0 fully saturated rings. The van der Waals surface area contributed by atoms with Crippen LogP contribution in [0.4, 0.5) is 5.82 Å². The monoisotopic (exact) mass is 385 g/mol. The Bertz CT molecular complexity index is 975. The van der Waals surface area contributed by atoms with Crippen LogP contribution in [0.25, 0.3) is 11.5 Å². The van der Waals surface area contributed by atoms with Gasteiger partial charge in [-0.15, -0.1) is 0 Å². The average molecular weight is 386 g/mol. The molecule has 142 valence electrons. The van der Waals surface area contributed by atoms with Gasteiger partial charge in [0.25, 0.3) is 0 Å². The van der Waals surface area contributed by atoms with E-state index < -0.39 is 0 Å². The second-order valence-corrected chi connectivity index (χ2v) is 7.56. The highest BCUT2D eigenvalue weighted by Crippen LogP contribution is 2.31. The number of imidazole rings is 1. The Kier molecular flexibility index (Phi) is 4.91. The molecule has 0 spiro atoms. The van der Waals surface area contributed by atoms with Crippen molar-refractivity contribution in [2.75, 3.05) is 5.32 Å². The second kappa shape index (κ2) is 7.35. The van der Waals surface area contributed by atoms with Gasteiger partial charge in [-0.3, -0.25) is 9.13 Å². The maximum absolute atomic E-state index is 13.1. The van der Waals surface area contributed by atoms with Gasteiger partial charge in [-0.05, 0) is 37.0 Å². The second-order valence-electron chi connectivity index (χ2n) is 7.13. The van der Waals surface area contributed by atoms with Crippen LogP contribution in [-0.2, 0) is 25.9 Å². The predicted octanol–water partition coefficient (Wildman–Crippen LogP) is 3.60. The Morgan fingerprint density at radius 2 is 1.96 bits per heavy atom. The van der Waals surface area contributed by atoms with Crippen LogP contribution in [0.1, 0.15) is 38.1 Å². The lowest BCUT2D eigenvalue weighted by Gasteiger charge is -2.13. The first-order valence-electron chi connectivity index (χ1n) is 9.61. The molecule has 0 aromatic heterocycles. The Hall–Kier alpha value is -2.34. The molecule has 1 unspecified atom stereocenters. The summed E-state index contributed by atoms with van der Waals surface area (Å²) in [5.74, 6) is 2.32. The van der Waals surface area contributed by atoms with Gasteiger partial charge in [-0.25, -0.2) is 14.8 Å². The van der Waals surface area contributed by atoms with Crippen molar-refractivity contribution in [2.45, 2.75) is 58.7 Å². The number of aryl methyl sites for hydroxylation is 1. The SMILES string of the molecule is CCCc1nc2c3n(c(=O)n(CCC)c-2n1)CC(Cc1ccc(Cl)cc1)N3. The van der Waals surface area contributed by atoms with E-state index in [4.69, 9.17) is 16.6 Å². The Labute approximate surface area is 163 Å². The van der Waals surface area contributed by atoms with Crippen molar-refractivity contribution in [3.05, 3.63) is 51.2 Å². The molecule has 0 saturated heterocycles. The fourth-order valence-electron chi connectivity index (χ4n) is 3.74. The molecule has 1 aromatic rings. The minimum absolute atomic E-state index is 0.00611. The first kappa shape index (κ1) is 18.0. The third-order valence-corrected chi connectivity index (χ3v) is 5.21. The van der Waals surface area contributed by atoms with Crippen LogP contribution in [0.5, 0.6) is 0 Å². The molecule has 1 atom stereocenters. The van der Waals surface area contributed by atoms with Gasteiger partial charge in [0.05, 0.1) is 0 Å². The first-order valence-corrected chi connectivity index (χ1v) is 9.99. The number of nitrogens with one attached hydrogen (secondary N) is 1. The normalized spacial score (nSPS) is 15.9. The molecule has 0 radical (unpaired) electrons. The van der Waals surface area contributed by atoms with Crippen LogP contribution >= 0.6 is 11.6 Å². The van der Waals surface area contributed by atoms with Crippen LogP contribution in [0, 0.1) is 0 Å². The molecule has 0 saturated carbocycles. The van der Waals surface area contributed by atoms with Crippen molar-refractivity contribution in [1.29, 1.82) is 0 Å². The molecule has 1 aromatic carbocycles. The molecule has 6 nitrogen and oxygen atoms in total. The lowest BCUT2D eigenvalue weighted by atomic mass is 10.1. The molecule has 7 heteroatoms. The molecule has 3 heterocycles. The molecule has 1 N–H and O–H groups in total. The number of aromatic nitrogens is 4. The summed E-state index contributed by atoms with van der Waals surface area (Å²) in [6.45, 7) is 5.47. The van der Waals surface area contributed by atoms with E-state index in [0.717, 1.165) is 48.0 Å². The molecule has 27 heavy (non-hydrogen) atoms. The van der Waals surface area contributed by atoms with Gasteiger partial charge in [0.1, 0.15) is 17.3 Å². The van der Waals surface area contributed by atoms with Crippen molar-refractivity contribution in [3.63, 3.8) is 0 Å². The van der Waals surface area contributed by atoms with Gasteiger partial charge in [0.15, 0.2) is 5.82 Å². The zero-order valence-corrected chi connectivity index (χ0v) is 16.5. The highest BCUT2D eigenvalue weighted by Gasteiger charge is 2.31. The number of nitrogens with zero attached hydrogens (tertiary/aromatic N) is 4. The molecule has 0 aliphatic carbocycles. The van der Waals surface area contributed by atoms with Crippen molar-refractivity contribution < 1.29 is 0 Å². The summed E-state index contributed by atoms with van der Waals surface area (Å²) >= 11 is 5.98. The number of anilines is 1. The summed E-state index contributed by atoms with van der Waals surface area (Å²) < 4.78 is 3.60. The van der Waals surface area contributed by atoms with E-state index in [2.05, 4.69) is 24.1 Å². The Morgan fingerprint density at radius 3 is 2.67 bits per heavy atom. The minimum Gasteiger partial charge on any atom is -0.365 e. The van der Waals surface area contributed by atoms with Crippen LogP contribution in [-0.4, -0.2) is 25.1 Å². The van der Waals surface area contributed by atoms with E-state index in [-0.39, 0.29) is 11.7 Å². The van der Waals surface area contributed by atoms with Gasteiger partial charge in [0.2, 0.25) is 0 Å². The topological polar surface area (TPSA) is 64.7 Å². The highest BCUT2D eigenvalue weighted by molar-refractivity contribution is 6.30. The van der Waals surface area contributed by atoms with E-state index >= 15 is 0 Å². The third kappa shape index (κ3) is 3.34. The number of rotatable bonds is 6. The quantitative estimate of drug-likeness (QED) is 0.704. The molecule has 3 aliphatic heterocycles. The van der Waals surface area contributed by atoms with Crippen LogP contribution < -0.4 is 11.0 Å². The molecule has 4 rings (SSSR count). The maximum atomic E-state index is 13.1. The van der Waals surface area contributed by atoms with Crippen LogP contribution in [0.3, 0.4) is 0 Å². The van der Waals surface area contributed by atoms with Gasteiger partial charge < -0.3 is 5.32 Å². The third-order valence-electron chi connectivity index (χ3n) is 4.96. The fraction of sp³-hybridized carbons (Fsp3) is 0.450. The largest absolute Gasteiger partial charge is 0.365 e. The van der Waals surface area contributed by atoms with Crippen molar-refractivity contribution in [3.8, 4) is 11.5 Å². The summed E-state index contributed by atoms with van der Waals surface area (Å²) in [5, 5.41) is 4.25. The lowest BCUT2D eigenvalue weighted by molar-refractivity contribution is 0.560. The van der Waals surface area contributed by atoms with E-state index in [1.165, 1.54) is 5.56 Å². The number of hydrogen-bond donors (Lipinski definition) is 1. The number of hydrogen-bond acceptors (Lipinski definition) is 4. The highest BCUT2D eigenvalue weighted by atomic mass is 35.5. The average Bonchev–Trinajstić information content (AvgIpc) is 3.25. The van der Waals surface area contributed by atoms with Crippen molar-refractivity contribution in [2.24, 2.45) is 0 Å². The van der Waals surface area contributed by atoms with Crippen molar-refractivity contribution >= 4 is 17.4 Å². The standard InChI is InChI=1S/C20H24ClN5O/c1-3-5-16-23-17-18-22-15(11-13-6-8-14(21)9-7-13)12-26(18)20(27)25(10-4-2)19(17)24-16/h6-9,15,22H,3-5,10-12H2,1-2H3. The smallest absolute Gasteiger partial charge is 0.331 e. The molecule has 3 aliphatic rings. The summed E-state index contributed by atoms with van der Waals surface area (Å²) in [5.41, 5.74) is 1.99. The number of halogens is 1. The number of benzene rings is 1. The molecular formula is C20H24ClN5O. The van der Waals surface area contributed by atoms with E-state index in [1.807, 2.05) is 28.8 Å². The molecular weight excluding hydrogens is 362 g/mol. The minimum atomic E-state index is -0.00611. The van der Waals surface area contributed by atoms with E-state index in [0.29, 0.717) is 18.9 Å². The first-order chi connectivity index (χ1) is 13.1. The van der Waals surface area contributed by atoms with Gasteiger partial charge in [-0.1, -0.05) is 37.6 Å². The van der Waals surface area contributed by atoms with E-state index in [1.54, 1.807) is 4.57 Å². The fourth-order valence-corrected chi connectivity index (χ4v) is 3.87. The van der Waals surface area contributed by atoms with Gasteiger partial charge in [-0.2, -0.15) is 0 Å². The van der Waals surface area contributed by atoms with Crippen molar-refractivity contribution in [1.82, 2.24) is 19.1 Å². The summed E-state index contributed by atoms with van der Waals surface area (Å²) in [6.07, 6.45) is 3.51. The zero-order valence-electron chi connectivity index (χ0n) is 15.7. The van der Waals surface area contributed by atoms with E-state index in [9.17, 15) is 4.79 Å².